The summed E-state index contributed by atoms with van der Waals surface area (Å²) in [6, 6.07) is 9.71. The molecule has 2 aromatic rings. The van der Waals surface area contributed by atoms with E-state index in [2.05, 4.69) is 10.1 Å². The van der Waals surface area contributed by atoms with Crippen molar-refractivity contribution in [3.8, 4) is 0 Å². The Morgan fingerprint density at radius 3 is 2.80 bits per heavy atom. The van der Waals surface area contributed by atoms with Gasteiger partial charge >= 0.3 is 6.09 Å². The second-order valence-corrected chi connectivity index (χ2v) is 7.05. The van der Waals surface area contributed by atoms with Crippen molar-refractivity contribution in [1.29, 1.82) is 0 Å². The van der Waals surface area contributed by atoms with Crippen LogP contribution in [0.2, 0.25) is 0 Å². The molecule has 0 N–H and O–H groups in total. The lowest BCUT2D eigenvalue weighted by molar-refractivity contribution is -0.0351. The number of benzene rings is 1. The van der Waals surface area contributed by atoms with Gasteiger partial charge in [-0.2, -0.15) is 5.10 Å². The summed E-state index contributed by atoms with van der Waals surface area (Å²) >= 11 is 0. The minimum atomic E-state index is -0.542. The highest BCUT2D eigenvalue weighted by Crippen LogP contribution is 2.24. The van der Waals surface area contributed by atoms with Crippen LogP contribution in [0.1, 0.15) is 38.2 Å². The highest BCUT2D eigenvalue weighted by Gasteiger charge is 2.34. The number of morpholine rings is 1. The molecule has 7 heteroatoms. The summed E-state index contributed by atoms with van der Waals surface area (Å²) in [5, 5.41) is 4.53. The fourth-order valence-corrected chi connectivity index (χ4v) is 2.67. The maximum Gasteiger partial charge on any atom is 0.411 e. The molecule has 0 saturated carbocycles. The quantitative estimate of drug-likeness (QED) is 0.856. The van der Waals surface area contributed by atoms with Crippen LogP contribution in [0, 0.1) is 0 Å². The lowest BCUT2D eigenvalue weighted by atomic mass is 10.2. The fourth-order valence-electron chi connectivity index (χ4n) is 2.67. The van der Waals surface area contributed by atoms with E-state index in [9.17, 15) is 4.79 Å². The van der Waals surface area contributed by atoms with Crippen LogP contribution < -0.4 is 0 Å². The first-order valence-electron chi connectivity index (χ1n) is 8.43. The van der Waals surface area contributed by atoms with E-state index in [4.69, 9.17) is 9.47 Å². The summed E-state index contributed by atoms with van der Waals surface area (Å²) in [7, 11) is 0. The molecular weight excluding hydrogens is 320 g/mol. The molecule has 134 valence electrons. The first-order chi connectivity index (χ1) is 11.9. The van der Waals surface area contributed by atoms with Crippen LogP contribution >= 0.6 is 0 Å². The topological polar surface area (TPSA) is 69.5 Å². The maximum absolute atomic E-state index is 12.5. The number of rotatable bonds is 3. The van der Waals surface area contributed by atoms with Gasteiger partial charge in [0.1, 0.15) is 18.0 Å². The second kappa shape index (κ2) is 7.23. The minimum absolute atomic E-state index is 0.333. The van der Waals surface area contributed by atoms with Crippen molar-refractivity contribution in [1.82, 2.24) is 19.7 Å². The molecule has 1 aromatic heterocycles. The summed E-state index contributed by atoms with van der Waals surface area (Å²) in [5.41, 5.74) is 0.600. The Labute approximate surface area is 147 Å². The molecule has 1 aliphatic heterocycles. The summed E-state index contributed by atoms with van der Waals surface area (Å²) < 4.78 is 12.8. The van der Waals surface area contributed by atoms with Gasteiger partial charge in [0.2, 0.25) is 0 Å². The molecule has 1 atom stereocenters. The average molecular weight is 344 g/mol. The van der Waals surface area contributed by atoms with Crippen molar-refractivity contribution in [3.63, 3.8) is 0 Å². The van der Waals surface area contributed by atoms with E-state index in [1.54, 1.807) is 15.9 Å². The van der Waals surface area contributed by atoms with Crippen molar-refractivity contribution in [3.05, 3.63) is 48.0 Å². The minimum Gasteiger partial charge on any atom is -0.444 e. The van der Waals surface area contributed by atoms with E-state index in [-0.39, 0.29) is 12.1 Å². The molecule has 1 fully saturated rings. The zero-order chi connectivity index (χ0) is 17.9. The molecule has 1 amide bonds. The molecule has 0 unspecified atom stereocenters. The van der Waals surface area contributed by atoms with E-state index in [1.807, 2.05) is 51.1 Å². The van der Waals surface area contributed by atoms with Gasteiger partial charge in [0.25, 0.3) is 0 Å². The number of carbonyl (C=O) groups excluding carboxylic acids is 1. The monoisotopic (exact) mass is 344 g/mol. The van der Waals surface area contributed by atoms with E-state index in [0.29, 0.717) is 32.1 Å². The van der Waals surface area contributed by atoms with E-state index in [0.717, 1.165) is 5.56 Å². The van der Waals surface area contributed by atoms with Crippen molar-refractivity contribution in [2.24, 2.45) is 0 Å². The lowest BCUT2D eigenvalue weighted by Gasteiger charge is -2.35. The predicted molar refractivity (Wildman–Crippen MR) is 92.1 cm³/mol. The van der Waals surface area contributed by atoms with Crippen molar-refractivity contribution in [2.45, 2.75) is 39.0 Å². The highest BCUT2D eigenvalue weighted by molar-refractivity contribution is 5.68. The van der Waals surface area contributed by atoms with Gasteiger partial charge in [0.05, 0.1) is 19.8 Å². The summed E-state index contributed by atoms with van der Waals surface area (Å²) in [5.74, 6) is 0.571. The third-order valence-corrected chi connectivity index (χ3v) is 3.80. The molecule has 1 aliphatic rings. The summed E-state index contributed by atoms with van der Waals surface area (Å²) in [4.78, 5) is 18.5. The average Bonchev–Trinajstić information content (AvgIpc) is 3.02. The smallest absolute Gasteiger partial charge is 0.411 e. The third kappa shape index (κ3) is 4.57. The number of hydrogen-bond acceptors (Lipinski definition) is 5. The van der Waals surface area contributed by atoms with Gasteiger partial charge in [0, 0.05) is 6.54 Å². The summed E-state index contributed by atoms with van der Waals surface area (Å²) in [6.07, 6.45) is 1.32. The molecule has 1 saturated heterocycles. The van der Waals surface area contributed by atoms with E-state index in [1.165, 1.54) is 0 Å². The molecule has 0 bridgehead atoms. The zero-order valence-electron chi connectivity index (χ0n) is 14.9. The lowest BCUT2D eigenvalue weighted by Crippen LogP contribution is -2.46. The maximum atomic E-state index is 12.5. The fraction of sp³-hybridized carbons (Fsp3) is 0.500. The van der Waals surface area contributed by atoms with Crippen LogP contribution in [-0.4, -0.2) is 51.1 Å². The first-order valence-corrected chi connectivity index (χ1v) is 8.43. The standard InChI is InChI=1S/C18H24N4O3/c1-18(2,3)25-17(23)22-9-10-24-12-15(22)16-19-13-21(20-16)11-14-7-5-4-6-8-14/h4-8,13,15H,9-12H2,1-3H3/t15-/m1/s1. The Morgan fingerprint density at radius 1 is 1.32 bits per heavy atom. The normalized spacial score (nSPS) is 18.2. The van der Waals surface area contributed by atoms with Gasteiger partial charge in [-0.3, -0.25) is 4.90 Å². The zero-order valence-corrected chi connectivity index (χ0v) is 14.9. The van der Waals surface area contributed by atoms with E-state index < -0.39 is 5.60 Å². The van der Waals surface area contributed by atoms with Crippen LogP contribution in [0.25, 0.3) is 0 Å². The van der Waals surface area contributed by atoms with Crippen LogP contribution in [0.3, 0.4) is 0 Å². The molecule has 2 heterocycles. The Hall–Kier alpha value is -2.41. The number of aromatic nitrogens is 3. The Bertz CT molecular complexity index is 709. The van der Waals surface area contributed by atoms with Gasteiger partial charge < -0.3 is 9.47 Å². The number of amides is 1. The van der Waals surface area contributed by atoms with Gasteiger partial charge in [-0.05, 0) is 26.3 Å². The molecule has 3 rings (SSSR count). The molecule has 1 aromatic carbocycles. The third-order valence-electron chi connectivity index (χ3n) is 3.80. The predicted octanol–water partition coefficient (Wildman–Crippen LogP) is 2.63. The Morgan fingerprint density at radius 2 is 2.08 bits per heavy atom. The van der Waals surface area contributed by atoms with Crippen molar-refractivity contribution in [2.75, 3.05) is 19.8 Å². The molecule has 0 aliphatic carbocycles. The molecular formula is C18H24N4O3. The Kier molecular flexibility index (Phi) is 5.03. The van der Waals surface area contributed by atoms with Crippen molar-refractivity contribution >= 4 is 6.09 Å². The molecule has 0 radical (unpaired) electrons. The van der Waals surface area contributed by atoms with E-state index >= 15 is 0 Å². The highest BCUT2D eigenvalue weighted by atomic mass is 16.6. The van der Waals surface area contributed by atoms with Crippen LogP contribution in [0.15, 0.2) is 36.7 Å². The SMILES string of the molecule is CC(C)(C)OC(=O)N1CCOC[C@@H]1c1ncn(Cc2ccccc2)n1. The van der Waals surface area contributed by atoms with Gasteiger partial charge in [-0.25, -0.2) is 14.5 Å². The molecule has 25 heavy (non-hydrogen) atoms. The van der Waals surface area contributed by atoms with Gasteiger partial charge in [0.15, 0.2) is 5.82 Å². The largest absolute Gasteiger partial charge is 0.444 e. The Balaban J connectivity index is 1.73. The van der Waals surface area contributed by atoms with Crippen LogP contribution in [0.4, 0.5) is 4.79 Å². The van der Waals surface area contributed by atoms with Crippen LogP contribution in [0.5, 0.6) is 0 Å². The van der Waals surface area contributed by atoms with Crippen molar-refractivity contribution < 1.29 is 14.3 Å². The number of hydrogen-bond donors (Lipinski definition) is 0. The van der Waals surface area contributed by atoms with Crippen LogP contribution in [-0.2, 0) is 16.0 Å². The number of ether oxygens (including phenoxy) is 2. The van der Waals surface area contributed by atoms with Gasteiger partial charge in [-0.1, -0.05) is 30.3 Å². The second-order valence-electron chi connectivity index (χ2n) is 7.05. The molecule has 0 spiro atoms. The molecule has 7 nitrogen and oxygen atoms in total. The summed E-state index contributed by atoms with van der Waals surface area (Å²) in [6.45, 7) is 7.52. The first kappa shape index (κ1) is 17.4. The van der Waals surface area contributed by atoms with Gasteiger partial charge in [-0.15, -0.1) is 0 Å². The number of nitrogens with zero attached hydrogens (tertiary/aromatic N) is 4. The number of carbonyl (C=O) groups is 1.